The van der Waals surface area contributed by atoms with E-state index in [2.05, 4.69) is 10.4 Å². The van der Waals surface area contributed by atoms with E-state index >= 15 is 0 Å². The van der Waals surface area contributed by atoms with Gasteiger partial charge in [0.25, 0.3) is 5.91 Å². The number of benzene rings is 2. The van der Waals surface area contributed by atoms with Gasteiger partial charge in [0.2, 0.25) is 0 Å². The van der Waals surface area contributed by atoms with Crippen molar-refractivity contribution in [3.05, 3.63) is 99.3 Å². The van der Waals surface area contributed by atoms with Gasteiger partial charge in [0.1, 0.15) is 12.4 Å². The molecule has 1 N–H and O–H groups in total. The lowest BCUT2D eigenvalue weighted by atomic mass is 10.2. The van der Waals surface area contributed by atoms with E-state index in [1.165, 1.54) is 11.3 Å². The van der Waals surface area contributed by atoms with Crippen molar-refractivity contribution in [3.63, 3.8) is 0 Å². The first-order valence-corrected chi connectivity index (χ1v) is 10.3. The first-order chi connectivity index (χ1) is 14.2. The Hall–Kier alpha value is -3.09. The number of anilines is 1. The predicted octanol–water partition coefficient (Wildman–Crippen LogP) is 5.48. The molecule has 0 radical (unpaired) electrons. The van der Waals surface area contributed by atoms with Crippen molar-refractivity contribution >= 4 is 34.7 Å². The summed E-state index contributed by atoms with van der Waals surface area (Å²) in [6, 6.07) is 20.8. The number of halogens is 1. The number of carbonyl (C=O) groups is 1. The number of thiophene rings is 1. The fourth-order valence-corrected chi connectivity index (χ4v) is 3.64. The summed E-state index contributed by atoms with van der Waals surface area (Å²) in [5, 5.41) is 9.87. The lowest BCUT2D eigenvalue weighted by Gasteiger charge is -2.03. The molecule has 0 saturated carbocycles. The van der Waals surface area contributed by atoms with Gasteiger partial charge in [-0.05, 0) is 41.3 Å². The Morgan fingerprint density at radius 2 is 1.86 bits per heavy atom. The van der Waals surface area contributed by atoms with E-state index < -0.39 is 0 Å². The highest BCUT2D eigenvalue weighted by atomic mass is 35.5. The molecule has 0 aliphatic heterocycles. The number of nitrogens with zero attached hydrogens (tertiary/aromatic N) is 2. The van der Waals surface area contributed by atoms with E-state index in [1.54, 1.807) is 10.7 Å². The molecule has 2 aromatic heterocycles. The molecular formula is C22H18ClN3O2S. The minimum Gasteiger partial charge on any atom is -0.489 e. The zero-order valence-electron chi connectivity index (χ0n) is 15.4. The van der Waals surface area contributed by atoms with Crippen LogP contribution in [0.1, 0.15) is 20.8 Å². The molecular weight excluding hydrogens is 406 g/mol. The average Bonchev–Trinajstić information content (AvgIpc) is 3.39. The molecule has 1 amide bonds. The van der Waals surface area contributed by atoms with Crippen molar-refractivity contribution in [2.45, 2.75) is 13.2 Å². The van der Waals surface area contributed by atoms with E-state index in [9.17, 15) is 4.79 Å². The van der Waals surface area contributed by atoms with Crippen LogP contribution >= 0.6 is 22.9 Å². The average molecular weight is 424 g/mol. The van der Waals surface area contributed by atoms with Crippen LogP contribution in [0.15, 0.2) is 78.3 Å². The summed E-state index contributed by atoms with van der Waals surface area (Å²) < 4.78 is 7.49. The van der Waals surface area contributed by atoms with Gasteiger partial charge in [-0.25, -0.2) is 0 Å². The summed E-state index contributed by atoms with van der Waals surface area (Å²) in [4.78, 5) is 13.1. The normalized spacial score (nSPS) is 10.7. The first kappa shape index (κ1) is 19.2. The third kappa shape index (κ3) is 5.25. The lowest BCUT2D eigenvalue weighted by Crippen LogP contribution is -2.11. The first-order valence-electron chi connectivity index (χ1n) is 9.00. The van der Waals surface area contributed by atoms with Crippen molar-refractivity contribution in [1.82, 2.24) is 9.78 Å². The molecule has 0 saturated heterocycles. The number of hydrogen-bond donors (Lipinski definition) is 1. The number of aromatic nitrogens is 2. The Balaban J connectivity index is 1.33. The molecule has 29 heavy (non-hydrogen) atoms. The number of amides is 1. The maximum absolute atomic E-state index is 12.5. The van der Waals surface area contributed by atoms with Gasteiger partial charge in [-0.2, -0.15) is 5.10 Å². The third-order valence-corrected chi connectivity index (χ3v) is 5.40. The maximum Gasteiger partial charge on any atom is 0.266 e. The van der Waals surface area contributed by atoms with Gasteiger partial charge in [0.05, 0.1) is 11.4 Å². The van der Waals surface area contributed by atoms with Crippen LogP contribution in [-0.2, 0) is 13.2 Å². The van der Waals surface area contributed by atoms with Crippen LogP contribution in [0.3, 0.4) is 0 Å². The van der Waals surface area contributed by atoms with Gasteiger partial charge in [-0.1, -0.05) is 41.9 Å². The molecule has 5 nitrogen and oxygen atoms in total. The Kier molecular flexibility index (Phi) is 5.93. The summed E-state index contributed by atoms with van der Waals surface area (Å²) >= 11 is 7.29. The minimum absolute atomic E-state index is 0.183. The highest BCUT2D eigenvalue weighted by molar-refractivity contribution is 7.12. The van der Waals surface area contributed by atoms with E-state index in [0.717, 1.165) is 16.9 Å². The predicted molar refractivity (Wildman–Crippen MR) is 116 cm³/mol. The molecule has 0 unspecified atom stereocenters. The van der Waals surface area contributed by atoms with Crippen LogP contribution in [-0.4, -0.2) is 15.7 Å². The van der Waals surface area contributed by atoms with Gasteiger partial charge in [0.15, 0.2) is 5.82 Å². The van der Waals surface area contributed by atoms with Crippen molar-refractivity contribution < 1.29 is 9.53 Å². The van der Waals surface area contributed by atoms with Crippen LogP contribution in [0.2, 0.25) is 5.02 Å². The number of nitrogens with one attached hydrogen (secondary N) is 1. The van der Waals surface area contributed by atoms with Crippen LogP contribution < -0.4 is 10.1 Å². The summed E-state index contributed by atoms with van der Waals surface area (Å²) in [5.41, 5.74) is 2.04. The number of para-hydroxylation sites is 1. The van der Waals surface area contributed by atoms with Gasteiger partial charge < -0.3 is 10.1 Å². The number of carbonyl (C=O) groups excluding carboxylic acids is 1. The van der Waals surface area contributed by atoms with Gasteiger partial charge in [-0.15, -0.1) is 11.3 Å². The minimum atomic E-state index is -0.183. The molecule has 0 atom stereocenters. The zero-order chi connectivity index (χ0) is 20.1. The monoisotopic (exact) mass is 423 g/mol. The van der Waals surface area contributed by atoms with Crippen LogP contribution in [0.25, 0.3) is 0 Å². The van der Waals surface area contributed by atoms with Crippen LogP contribution in [0.5, 0.6) is 5.75 Å². The summed E-state index contributed by atoms with van der Waals surface area (Å²) in [7, 11) is 0. The molecule has 2 aromatic carbocycles. The van der Waals surface area contributed by atoms with Crippen molar-refractivity contribution in [2.75, 3.05) is 5.32 Å². The number of hydrogen-bond acceptors (Lipinski definition) is 4. The smallest absolute Gasteiger partial charge is 0.266 e. The number of ether oxygens (including phenoxy) is 1. The molecule has 0 fully saturated rings. The Morgan fingerprint density at radius 1 is 1.07 bits per heavy atom. The van der Waals surface area contributed by atoms with Crippen LogP contribution in [0, 0.1) is 0 Å². The largest absolute Gasteiger partial charge is 0.489 e. The summed E-state index contributed by atoms with van der Waals surface area (Å²) in [5.74, 6) is 1.13. The maximum atomic E-state index is 12.5. The van der Waals surface area contributed by atoms with Crippen molar-refractivity contribution in [2.24, 2.45) is 0 Å². The Morgan fingerprint density at radius 3 is 2.66 bits per heavy atom. The second-order valence-corrected chi connectivity index (χ2v) is 7.75. The fraction of sp³-hybridized carbons (Fsp3) is 0.0909. The quantitative estimate of drug-likeness (QED) is 0.428. The molecule has 2 heterocycles. The summed E-state index contributed by atoms with van der Waals surface area (Å²) in [6.07, 6.45) is 1.83. The van der Waals surface area contributed by atoms with Crippen LogP contribution in [0.4, 0.5) is 5.82 Å². The van der Waals surface area contributed by atoms with Gasteiger partial charge >= 0.3 is 0 Å². The second kappa shape index (κ2) is 8.94. The van der Waals surface area contributed by atoms with E-state index in [0.29, 0.717) is 28.9 Å². The highest BCUT2D eigenvalue weighted by Gasteiger charge is 2.11. The van der Waals surface area contributed by atoms with Gasteiger partial charge in [-0.3, -0.25) is 9.48 Å². The molecule has 146 valence electrons. The second-order valence-electron chi connectivity index (χ2n) is 6.40. The molecule has 4 aromatic rings. The fourth-order valence-electron chi connectivity index (χ4n) is 2.72. The third-order valence-electron chi connectivity index (χ3n) is 4.17. The van der Waals surface area contributed by atoms with Gasteiger partial charge in [0, 0.05) is 22.8 Å². The van der Waals surface area contributed by atoms with Crippen molar-refractivity contribution in [1.29, 1.82) is 0 Å². The topological polar surface area (TPSA) is 56.2 Å². The van der Waals surface area contributed by atoms with E-state index in [-0.39, 0.29) is 5.91 Å². The summed E-state index contributed by atoms with van der Waals surface area (Å²) in [6.45, 7) is 1.02. The lowest BCUT2D eigenvalue weighted by molar-refractivity contribution is 0.103. The SMILES string of the molecule is O=C(Nc1ccn(Cc2ccc(Cl)cc2)n1)c1cc(COc2ccccc2)cs1. The van der Waals surface area contributed by atoms with E-state index in [4.69, 9.17) is 16.3 Å². The van der Waals surface area contributed by atoms with Crippen molar-refractivity contribution in [3.8, 4) is 5.75 Å². The zero-order valence-corrected chi connectivity index (χ0v) is 17.0. The van der Waals surface area contributed by atoms with E-state index in [1.807, 2.05) is 72.2 Å². The number of rotatable bonds is 7. The molecule has 7 heteroatoms. The Bertz CT molecular complexity index is 1090. The highest BCUT2D eigenvalue weighted by Crippen LogP contribution is 2.19. The molecule has 4 rings (SSSR count). The molecule has 0 aliphatic carbocycles. The molecule has 0 spiro atoms. The molecule has 0 bridgehead atoms. The Labute approximate surface area is 177 Å². The standard InChI is InChI=1S/C22H18ClN3O2S/c23-18-8-6-16(7-9-18)13-26-11-10-21(25-26)24-22(27)20-12-17(15-29-20)14-28-19-4-2-1-3-5-19/h1-12,15H,13-14H2,(H,24,25,27). The molecule has 0 aliphatic rings.